The molecule has 0 saturated carbocycles. The van der Waals surface area contributed by atoms with E-state index in [1.54, 1.807) is 0 Å². The summed E-state index contributed by atoms with van der Waals surface area (Å²) in [6, 6.07) is 0. The van der Waals surface area contributed by atoms with Crippen molar-refractivity contribution in [1.82, 2.24) is 15.2 Å². The third-order valence-electron chi connectivity index (χ3n) is 2.34. The van der Waals surface area contributed by atoms with Gasteiger partial charge < -0.3 is 9.52 Å². The lowest BCUT2D eigenvalue weighted by atomic mass is 10.2. The molecule has 7 heteroatoms. The van der Waals surface area contributed by atoms with E-state index in [-0.39, 0.29) is 6.42 Å². The highest BCUT2D eigenvalue weighted by atomic mass is 32.1. The van der Waals surface area contributed by atoms with E-state index in [1.807, 2.05) is 12.3 Å². The van der Waals surface area contributed by atoms with Gasteiger partial charge in [0.1, 0.15) is 5.69 Å². The van der Waals surface area contributed by atoms with E-state index in [2.05, 4.69) is 15.2 Å². The average molecular weight is 267 g/mol. The van der Waals surface area contributed by atoms with Gasteiger partial charge in [0, 0.05) is 18.2 Å². The van der Waals surface area contributed by atoms with Crippen molar-refractivity contribution in [2.45, 2.75) is 32.6 Å². The van der Waals surface area contributed by atoms with Crippen molar-refractivity contribution in [3.05, 3.63) is 16.3 Å². The van der Waals surface area contributed by atoms with Crippen LogP contribution < -0.4 is 0 Å². The highest BCUT2D eigenvalue weighted by Gasteiger charge is 2.11. The molecule has 0 radical (unpaired) electrons. The summed E-state index contributed by atoms with van der Waals surface area (Å²) in [5.74, 6) is 0.174. The fourth-order valence-corrected chi connectivity index (χ4v) is 2.06. The number of thiazole rings is 1. The minimum Gasteiger partial charge on any atom is -0.481 e. The Kier molecular flexibility index (Phi) is 4.03. The number of aryl methyl sites for hydroxylation is 2. The highest BCUT2D eigenvalue weighted by Crippen LogP contribution is 2.20. The van der Waals surface area contributed by atoms with Crippen LogP contribution in [-0.4, -0.2) is 26.3 Å². The number of nitrogens with zero attached hydrogens (tertiary/aromatic N) is 3. The normalized spacial score (nSPS) is 10.7. The molecule has 0 aliphatic carbocycles. The first-order valence-electron chi connectivity index (χ1n) is 5.62. The first-order chi connectivity index (χ1) is 8.65. The largest absolute Gasteiger partial charge is 0.481 e. The molecule has 0 amide bonds. The van der Waals surface area contributed by atoms with Gasteiger partial charge in [0.15, 0.2) is 0 Å². The molecule has 0 aliphatic heterocycles. The molecule has 0 aliphatic rings. The Balaban J connectivity index is 1.88. The molecule has 2 rings (SSSR count). The van der Waals surface area contributed by atoms with Gasteiger partial charge in [-0.25, -0.2) is 4.98 Å². The van der Waals surface area contributed by atoms with E-state index >= 15 is 0 Å². The van der Waals surface area contributed by atoms with E-state index in [1.165, 1.54) is 11.3 Å². The quantitative estimate of drug-likeness (QED) is 0.808. The van der Waals surface area contributed by atoms with Crippen LogP contribution in [-0.2, 0) is 11.2 Å². The lowest BCUT2D eigenvalue weighted by Crippen LogP contribution is -1.95. The Morgan fingerprint density at radius 3 is 2.94 bits per heavy atom. The number of carboxylic acids is 1. The fraction of sp³-hybridized carbons (Fsp3) is 0.455. The predicted octanol–water partition coefficient (Wildman–Crippen LogP) is 2.30. The summed E-state index contributed by atoms with van der Waals surface area (Å²) in [6.45, 7) is 1.91. The van der Waals surface area contributed by atoms with Gasteiger partial charge in [-0.15, -0.1) is 21.5 Å². The van der Waals surface area contributed by atoms with Gasteiger partial charge in [0.05, 0.1) is 5.01 Å². The lowest BCUT2D eigenvalue weighted by molar-refractivity contribution is -0.137. The maximum Gasteiger partial charge on any atom is 0.303 e. The van der Waals surface area contributed by atoms with Gasteiger partial charge >= 0.3 is 5.97 Å². The highest BCUT2D eigenvalue weighted by molar-refractivity contribution is 7.09. The molecule has 2 heterocycles. The van der Waals surface area contributed by atoms with Crippen LogP contribution in [0.2, 0.25) is 0 Å². The van der Waals surface area contributed by atoms with Crippen molar-refractivity contribution in [1.29, 1.82) is 0 Å². The molecule has 96 valence electrons. The van der Waals surface area contributed by atoms with Crippen LogP contribution in [0.5, 0.6) is 0 Å². The molecular weight excluding hydrogens is 254 g/mol. The number of aromatic nitrogens is 3. The molecule has 0 fully saturated rings. The van der Waals surface area contributed by atoms with Crippen LogP contribution in [0, 0.1) is 6.92 Å². The summed E-state index contributed by atoms with van der Waals surface area (Å²) in [5, 5.41) is 19.2. The van der Waals surface area contributed by atoms with Crippen LogP contribution in [0.1, 0.15) is 30.2 Å². The molecule has 2 aromatic rings. The fourth-order valence-electron chi connectivity index (χ4n) is 1.47. The number of hydrogen-bond acceptors (Lipinski definition) is 6. The molecule has 1 N–H and O–H groups in total. The maximum absolute atomic E-state index is 10.3. The summed E-state index contributed by atoms with van der Waals surface area (Å²) in [6.07, 6.45) is 2.11. The predicted molar refractivity (Wildman–Crippen MR) is 65.3 cm³/mol. The van der Waals surface area contributed by atoms with Gasteiger partial charge in [-0.05, 0) is 19.8 Å². The van der Waals surface area contributed by atoms with Crippen molar-refractivity contribution in [3.8, 4) is 11.6 Å². The average Bonchev–Trinajstić information content (AvgIpc) is 2.93. The summed E-state index contributed by atoms with van der Waals surface area (Å²) in [7, 11) is 0. The van der Waals surface area contributed by atoms with Gasteiger partial charge in [-0.3, -0.25) is 4.79 Å². The first-order valence-corrected chi connectivity index (χ1v) is 6.50. The van der Waals surface area contributed by atoms with Crippen LogP contribution in [0.15, 0.2) is 9.80 Å². The number of rotatable bonds is 6. The smallest absolute Gasteiger partial charge is 0.303 e. The molecule has 2 aromatic heterocycles. The summed E-state index contributed by atoms with van der Waals surface area (Å²) in [4.78, 5) is 14.6. The zero-order valence-electron chi connectivity index (χ0n) is 9.92. The second kappa shape index (κ2) is 5.72. The molecule has 0 unspecified atom stereocenters. The van der Waals surface area contributed by atoms with Gasteiger partial charge in [0.25, 0.3) is 5.89 Å². The Hall–Kier alpha value is -1.76. The molecule has 0 saturated heterocycles. The van der Waals surface area contributed by atoms with Crippen LogP contribution in [0.4, 0.5) is 0 Å². The van der Waals surface area contributed by atoms with E-state index in [9.17, 15) is 4.79 Å². The SMILES string of the molecule is Cc1nc(-c2nnc(CCCCC(=O)O)o2)cs1. The van der Waals surface area contributed by atoms with Crippen LogP contribution in [0.3, 0.4) is 0 Å². The number of unbranched alkanes of at least 4 members (excludes halogenated alkanes) is 1. The topological polar surface area (TPSA) is 89.1 Å². The van der Waals surface area contributed by atoms with E-state index in [4.69, 9.17) is 9.52 Å². The zero-order chi connectivity index (χ0) is 13.0. The summed E-state index contributed by atoms with van der Waals surface area (Å²) < 4.78 is 5.46. The monoisotopic (exact) mass is 267 g/mol. The minimum absolute atomic E-state index is 0.173. The number of carbonyl (C=O) groups is 1. The molecule has 0 atom stereocenters. The Morgan fingerprint density at radius 2 is 2.28 bits per heavy atom. The van der Waals surface area contributed by atoms with Crippen molar-refractivity contribution >= 4 is 17.3 Å². The molecular formula is C11H13N3O3S. The van der Waals surface area contributed by atoms with Gasteiger partial charge in [-0.1, -0.05) is 0 Å². The number of aliphatic carboxylic acids is 1. The standard InChI is InChI=1S/C11H13N3O3S/c1-7-12-8(6-18-7)11-14-13-9(17-11)4-2-3-5-10(15)16/h6H,2-5H2,1H3,(H,15,16). The minimum atomic E-state index is -0.779. The number of hydrogen-bond donors (Lipinski definition) is 1. The van der Waals surface area contributed by atoms with Gasteiger partial charge in [-0.2, -0.15) is 0 Å². The first kappa shape index (κ1) is 12.7. The van der Waals surface area contributed by atoms with E-state index < -0.39 is 5.97 Å². The summed E-state index contributed by atoms with van der Waals surface area (Å²) >= 11 is 1.53. The van der Waals surface area contributed by atoms with Crippen LogP contribution >= 0.6 is 11.3 Å². The molecule has 6 nitrogen and oxygen atoms in total. The van der Waals surface area contributed by atoms with Crippen molar-refractivity contribution in [3.63, 3.8) is 0 Å². The van der Waals surface area contributed by atoms with Crippen molar-refractivity contribution in [2.75, 3.05) is 0 Å². The van der Waals surface area contributed by atoms with E-state index in [0.29, 0.717) is 30.3 Å². The molecule has 0 spiro atoms. The molecule has 0 aromatic carbocycles. The second-order valence-corrected chi connectivity index (χ2v) is 4.92. The molecule has 0 bridgehead atoms. The van der Waals surface area contributed by atoms with Crippen LogP contribution in [0.25, 0.3) is 11.6 Å². The Bertz CT molecular complexity index is 535. The number of carboxylic acid groups (broad SMARTS) is 1. The zero-order valence-corrected chi connectivity index (χ0v) is 10.7. The summed E-state index contributed by atoms with van der Waals surface area (Å²) in [5.41, 5.74) is 0.696. The second-order valence-electron chi connectivity index (χ2n) is 3.85. The third-order valence-corrected chi connectivity index (χ3v) is 3.11. The van der Waals surface area contributed by atoms with Crippen molar-refractivity contribution < 1.29 is 14.3 Å². The van der Waals surface area contributed by atoms with E-state index in [0.717, 1.165) is 11.4 Å². The lowest BCUT2D eigenvalue weighted by Gasteiger charge is -1.93. The maximum atomic E-state index is 10.3. The Labute approximate surface area is 108 Å². The molecule has 18 heavy (non-hydrogen) atoms. The van der Waals surface area contributed by atoms with Crippen molar-refractivity contribution in [2.24, 2.45) is 0 Å². The third kappa shape index (κ3) is 3.36. The van der Waals surface area contributed by atoms with Gasteiger partial charge in [0.2, 0.25) is 5.89 Å². The Morgan fingerprint density at radius 1 is 1.44 bits per heavy atom.